The fraction of sp³-hybridized carbons (Fsp3) is 0.429. The summed E-state index contributed by atoms with van der Waals surface area (Å²) in [5, 5.41) is 1.16. The van der Waals surface area contributed by atoms with Crippen molar-refractivity contribution in [2.75, 3.05) is 0 Å². The normalized spacial score (nSPS) is 9.18. The number of aromatic nitrogens is 1. The first-order chi connectivity index (χ1) is 8.09. The Morgan fingerprint density at radius 2 is 1.59 bits per heavy atom. The summed E-state index contributed by atoms with van der Waals surface area (Å²) in [7, 11) is 0. The average molecular weight is 258 g/mol. The van der Waals surface area contributed by atoms with Crippen LogP contribution in [-0.4, -0.2) is 4.98 Å². The Bertz CT molecular complexity index is 475. The summed E-state index contributed by atoms with van der Waals surface area (Å²) in [5.41, 5.74) is 2.37. The van der Waals surface area contributed by atoms with Gasteiger partial charge in [0, 0.05) is 11.1 Å². The molecule has 0 atom stereocenters. The van der Waals surface area contributed by atoms with Crippen LogP contribution in [0.25, 0.3) is 10.9 Å². The lowest BCUT2D eigenvalue weighted by Crippen LogP contribution is -1.82. The standard InChI is InChI=1S/C10H9ClFN.2C2H6/c1-5-3-8(12)7-4-6(2)13-10(7)9(5)11;2*1-2/h3-4,13H,1-2H3;2*1-2H3. The Labute approximate surface area is 108 Å². The van der Waals surface area contributed by atoms with Gasteiger partial charge in [-0.15, -0.1) is 0 Å². The average Bonchev–Trinajstić information content (AvgIpc) is 2.74. The van der Waals surface area contributed by atoms with E-state index in [1.165, 1.54) is 6.07 Å². The topological polar surface area (TPSA) is 15.8 Å². The van der Waals surface area contributed by atoms with Gasteiger partial charge < -0.3 is 4.98 Å². The minimum atomic E-state index is -0.221. The number of benzene rings is 1. The Hall–Kier alpha value is -1.02. The van der Waals surface area contributed by atoms with Crippen molar-refractivity contribution in [2.24, 2.45) is 0 Å². The van der Waals surface area contributed by atoms with E-state index in [9.17, 15) is 4.39 Å². The largest absolute Gasteiger partial charge is 0.357 e. The molecule has 0 amide bonds. The summed E-state index contributed by atoms with van der Waals surface area (Å²) in [6.07, 6.45) is 0. The van der Waals surface area contributed by atoms with Gasteiger partial charge in [-0.25, -0.2) is 4.39 Å². The molecule has 17 heavy (non-hydrogen) atoms. The van der Waals surface area contributed by atoms with Crippen molar-refractivity contribution < 1.29 is 4.39 Å². The highest BCUT2D eigenvalue weighted by Crippen LogP contribution is 2.29. The van der Waals surface area contributed by atoms with E-state index in [-0.39, 0.29) is 5.82 Å². The van der Waals surface area contributed by atoms with E-state index in [0.29, 0.717) is 15.9 Å². The number of halogens is 2. The molecule has 0 radical (unpaired) electrons. The molecule has 0 unspecified atom stereocenters. The number of aryl methyl sites for hydroxylation is 2. The monoisotopic (exact) mass is 257 g/mol. The van der Waals surface area contributed by atoms with E-state index < -0.39 is 0 Å². The highest BCUT2D eigenvalue weighted by molar-refractivity contribution is 6.35. The van der Waals surface area contributed by atoms with Crippen LogP contribution in [0.3, 0.4) is 0 Å². The predicted octanol–water partition coefficient (Wildman–Crippen LogP) is 5.63. The molecule has 0 saturated heterocycles. The van der Waals surface area contributed by atoms with Crippen LogP contribution < -0.4 is 0 Å². The zero-order chi connectivity index (χ0) is 13.6. The minimum absolute atomic E-state index is 0.221. The lowest BCUT2D eigenvalue weighted by Gasteiger charge is -1.99. The fourth-order valence-electron chi connectivity index (χ4n) is 1.48. The molecule has 0 aliphatic heterocycles. The second-order valence-electron chi connectivity index (χ2n) is 3.23. The number of fused-ring (bicyclic) bond motifs is 1. The lowest BCUT2D eigenvalue weighted by molar-refractivity contribution is 0.639. The first-order valence-corrected chi connectivity index (χ1v) is 6.41. The second-order valence-corrected chi connectivity index (χ2v) is 3.61. The van der Waals surface area contributed by atoms with Gasteiger partial charge in [0.25, 0.3) is 0 Å². The molecule has 1 nitrogen and oxygen atoms in total. The molecule has 0 aliphatic rings. The van der Waals surface area contributed by atoms with E-state index in [1.807, 2.05) is 34.6 Å². The van der Waals surface area contributed by atoms with E-state index in [1.54, 1.807) is 13.0 Å². The summed E-state index contributed by atoms with van der Waals surface area (Å²) in [5.74, 6) is -0.221. The number of rotatable bonds is 0. The lowest BCUT2D eigenvalue weighted by atomic mass is 10.2. The Kier molecular flexibility index (Phi) is 6.89. The Morgan fingerprint density at radius 1 is 1.06 bits per heavy atom. The quantitative estimate of drug-likeness (QED) is 0.630. The first-order valence-electron chi connectivity index (χ1n) is 6.03. The van der Waals surface area contributed by atoms with Gasteiger partial charge in [0.2, 0.25) is 0 Å². The van der Waals surface area contributed by atoms with E-state index in [4.69, 9.17) is 11.6 Å². The molecule has 1 aromatic heterocycles. The van der Waals surface area contributed by atoms with Gasteiger partial charge in [-0.1, -0.05) is 39.3 Å². The van der Waals surface area contributed by atoms with E-state index >= 15 is 0 Å². The minimum Gasteiger partial charge on any atom is -0.357 e. The molecule has 0 fully saturated rings. The number of aromatic amines is 1. The molecule has 1 aromatic carbocycles. The smallest absolute Gasteiger partial charge is 0.132 e. The Morgan fingerprint density at radius 3 is 2.12 bits per heavy atom. The molecule has 0 spiro atoms. The molecule has 0 bridgehead atoms. The number of hydrogen-bond acceptors (Lipinski definition) is 0. The second kappa shape index (κ2) is 7.33. The maximum Gasteiger partial charge on any atom is 0.132 e. The van der Waals surface area contributed by atoms with Crippen molar-refractivity contribution >= 4 is 22.5 Å². The molecule has 96 valence electrons. The molecule has 3 heteroatoms. The number of H-pyrrole nitrogens is 1. The van der Waals surface area contributed by atoms with Crippen LogP contribution in [0.15, 0.2) is 12.1 Å². The van der Waals surface area contributed by atoms with Crippen molar-refractivity contribution in [3.8, 4) is 0 Å². The predicted molar refractivity (Wildman–Crippen MR) is 75.4 cm³/mol. The summed E-state index contributed by atoms with van der Waals surface area (Å²) in [6, 6.07) is 3.22. The first kappa shape index (κ1) is 16.0. The zero-order valence-corrected chi connectivity index (χ0v) is 12.2. The van der Waals surface area contributed by atoms with Crippen molar-refractivity contribution in [1.29, 1.82) is 0 Å². The van der Waals surface area contributed by atoms with Crippen molar-refractivity contribution in [3.05, 3.63) is 34.2 Å². The third kappa shape index (κ3) is 3.47. The summed E-state index contributed by atoms with van der Waals surface area (Å²) in [6.45, 7) is 11.7. The van der Waals surface area contributed by atoms with E-state index in [2.05, 4.69) is 4.98 Å². The molecular weight excluding hydrogens is 237 g/mol. The molecular formula is C14H21ClFN. The van der Waals surface area contributed by atoms with Crippen molar-refractivity contribution in [1.82, 2.24) is 4.98 Å². The highest BCUT2D eigenvalue weighted by Gasteiger charge is 2.09. The number of nitrogens with one attached hydrogen (secondary N) is 1. The Balaban J connectivity index is 0.000000581. The molecule has 2 aromatic rings. The third-order valence-corrected chi connectivity index (χ3v) is 2.61. The molecule has 0 aliphatic carbocycles. The zero-order valence-electron chi connectivity index (χ0n) is 11.4. The maximum absolute atomic E-state index is 13.4. The van der Waals surface area contributed by atoms with Gasteiger partial charge >= 0.3 is 0 Å². The van der Waals surface area contributed by atoms with Gasteiger partial charge in [0.15, 0.2) is 0 Å². The number of hydrogen-bond donors (Lipinski definition) is 1. The van der Waals surface area contributed by atoms with Gasteiger partial charge in [-0.2, -0.15) is 0 Å². The maximum atomic E-state index is 13.4. The van der Waals surface area contributed by atoms with Crippen LogP contribution >= 0.6 is 11.6 Å². The molecule has 1 N–H and O–H groups in total. The summed E-state index contributed by atoms with van der Waals surface area (Å²) in [4.78, 5) is 3.04. The summed E-state index contributed by atoms with van der Waals surface area (Å²) < 4.78 is 13.4. The molecule has 0 saturated carbocycles. The summed E-state index contributed by atoms with van der Waals surface area (Å²) >= 11 is 6.01. The van der Waals surface area contributed by atoms with Crippen LogP contribution in [0.5, 0.6) is 0 Å². The third-order valence-electron chi connectivity index (χ3n) is 2.12. The van der Waals surface area contributed by atoms with Crippen molar-refractivity contribution in [3.63, 3.8) is 0 Å². The van der Waals surface area contributed by atoms with Crippen LogP contribution in [0.1, 0.15) is 39.0 Å². The fourth-order valence-corrected chi connectivity index (χ4v) is 1.68. The van der Waals surface area contributed by atoms with Gasteiger partial charge in [0.05, 0.1) is 10.5 Å². The van der Waals surface area contributed by atoms with Gasteiger partial charge in [-0.3, -0.25) is 0 Å². The molecule has 2 rings (SSSR count). The molecule has 1 heterocycles. The van der Waals surface area contributed by atoms with Crippen LogP contribution in [0.4, 0.5) is 4.39 Å². The van der Waals surface area contributed by atoms with Crippen molar-refractivity contribution in [2.45, 2.75) is 41.5 Å². The van der Waals surface area contributed by atoms with Gasteiger partial charge in [0.1, 0.15) is 5.82 Å². The van der Waals surface area contributed by atoms with Gasteiger partial charge in [-0.05, 0) is 31.5 Å². The van der Waals surface area contributed by atoms with E-state index in [0.717, 1.165) is 11.3 Å². The van der Waals surface area contributed by atoms with Crippen LogP contribution in [-0.2, 0) is 0 Å². The van der Waals surface area contributed by atoms with Crippen LogP contribution in [0.2, 0.25) is 5.02 Å². The van der Waals surface area contributed by atoms with Crippen LogP contribution in [0, 0.1) is 19.7 Å². The highest BCUT2D eigenvalue weighted by atomic mass is 35.5. The SMILES string of the molecule is CC.CC.Cc1cc2c(F)cc(C)c(Cl)c2[nH]1.